The van der Waals surface area contributed by atoms with E-state index in [1.807, 2.05) is 0 Å². The Bertz CT molecular complexity index is 386. The molecule has 1 rings (SSSR count). The van der Waals surface area contributed by atoms with Crippen LogP contribution in [0.1, 0.15) is 11.1 Å². The van der Waals surface area contributed by atoms with Crippen LogP contribution in [0.3, 0.4) is 0 Å². The molecule has 1 aromatic rings. The number of hydrogen-bond acceptors (Lipinski definition) is 2. The van der Waals surface area contributed by atoms with Crippen LogP contribution >= 0.6 is 0 Å². The van der Waals surface area contributed by atoms with E-state index in [0.29, 0.717) is 12.2 Å². The van der Waals surface area contributed by atoms with Gasteiger partial charge in [0.05, 0.1) is 12.2 Å². The second-order valence-electron chi connectivity index (χ2n) is 3.30. The van der Waals surface area contributed by atoms with Gasteiger partial charge in [0, 0.05) is 12.7 Å². The number of halogens is 3. The number of rotatable bonds is 5. The number of alkyl halides is 3. The summed E-state index contributed by atoms with van der Waals surface area (Å²) in [6, 6.07) is 3.30. The van der Waals surface area contributed by atoms with E-state index in [0.717, 1.165) is 12.1 Å². The van der Waals surface area contributed by atoms with E-state index in [2.05, 4.69) is 6.58 Å². The Morgan fingerprint density at radius 2 is 2.00 bits per heavy atom. The minimum atomic E-state index is -4.38. The summed E-state index contributed by atoms with van der Waals surface area (Å²) in [6.45, 7) is 4.02. The molecule has 0 atom stereocenters. The highest BCUT2D eigenvalue weighted by atomic mass is 19.4. The third-order valence-corrected chi connectivity index (χ3v) is 2.11. The van der Waals surface area contributed by atoms with Gasteiger partial charge in [-0.05, 0) is 12.1 Å². The maximum Gasteiger partial charge on any atom is 0.416 e. The summed E-state index contributed by atoms with van der Waals surface area (Å²) in [7, 11) is 1.49. The number of hydrogen-bond donors (Lipinski definition) is 0. The smallest absolute Gasteiger partial charge is 0.416 e. The number of benzene rings is 1. The molecule has 0 amide bonds. The van der Waals surface area contributed by atoms with Crippen molar-refractivity contribution in [2.45, 2.75) is 6.18 Å². The second kappa shape index (κ2) is 5.72. The molecule has 0 saturated heterocycles. The molecule has 94 valence electrons. The topological polar surface area (TPSA) is 18.5 Å². The molecule has 0 aliphatic carbocycles. The highest BCUT2D eigenvalue weighted by molar-refractivity contribution is 5.56. The Labute approximate surface area is 97.7 Å². The minimum Gasteiger partial charge on any atom is -0.491 e. The van der Waals surface area contributed by atoms with Crippen molar-refractivity contribution in [2.75, 3.05) is 20.3 Å². The standard InChI is InChI=1S/C12H13F3O2/c1-3-9-4-5-10(12(13,14)15)8-11(9)17-7-6-16-2/h3-5,8H,1,6-7H2,2H3. The maximum absolute atomic E-state index is 12.5. The molecular weight excluding hydrogens is 233 g/mol. The van der Waals surface area contributed by atoms with Crippen LogP contribution in [0.15, 0.2) is 24.8 Å². The van der Waals surface area contributed by atoms with Crippen LogP contribution in [0.4, 0.5) is 13.2 Å². The molecule has 0 saturated carbocycles. The van der Waals surface area contributed by atoms with Gasteiger partial charge in [-0.1, -0.05) is 18.7 Å². The van der Waals surface area contributed by atoms with Gasteiger partial charge >= 0.3 is 6.18 Å². The molecule has 0 fully saturated rings. The van der Waals surface area contributed by atoms with Gasteiger partial charge in [0.25, 0.3) is 0 Å². The zero-order valence-electron chi connectivity index (χ0n) is 9.38. The summed E-state index contributed by atoms with van der Waals surface area (Å²) in [4.78, 5) is 0. The average Bonchev–Trinajstić information content (AvgIpc) is 2.28. The van der Waals surface area contributed by atoms with Gasteiger partial charge in [-0.2, -0.15) is 13.2 Å². The van der Waals surface area contributed by atoms with Gasteiger partial charge < -0.3 is 9.47 Å². The minimum absolute atomic E-state index is 0.159. The van der Waals surface area contributed by atoms with E-state index < -0.39 is 11.7 Å². The lowest BCUT2D eigenvalue weighted by molar-refractivity contribution is -0.137. The Morgan fingerprint density at radius 3 is 2.53 bits per heavy atom. The number of ether oxygens (including phenoxy) is 2. The molecule has 0 aromatic heterocycles. The Morgan fingerprint density at radius 1 is 1.29 bits per heavy atom. The van der Waals surface area contributed by atoms with Crippen LogP contribution in [0, 0.1) is 0 Å². The molecule has 5 heteroatoms. The lowest BCUT2D eigenvalue weighted by Crippen LogP contribution is -2.08. The first kappa shape index (κ1) is 13.6. The summed E-state index contributed by atoms with van der Waals surface area (Å²) >= 11 is 0. The third kappa shape index (κ3) is 3.78. The molecule has 0 aliphatic heterocycles. The van der Waals surface area contributed by atoms with Crippen LogP contribution in [0.2, 0.25) is 0 Å². The van der Waals surface area contributed by atoms with Gasteiger partial charge in [0.1, 0.15) is 12.4 Å². The van der Waals surface area contributed by atoms with Gasteiger partial charge in [-0.15, -0.1) is 0 Å². The summed E-state index contributed by atoms with van der Waals surface area (Å²) in [5.74, 6) is 0.159. The Kier molecular flexibility index (Phi) is 4.57. The normalized spacial score (nSPS) is 11.3. The molecule has 17 heavy (non-hydrogen) atoms. The van der Waals surface area contributed by atoms with Crippen molar-refractivity contribution in [3.8, 4) is 5.75 Å². The van der Waals surface area contributed by atoms with Crippen LogP contribution in [0.5, 0.6) is 5.75 Å². The lowest BCUT2D eigenvalue weighted by Gasteiger charge is -2.12. The van der Waals surface area contributed by atoms with Crippen LogP contribution in [0.25, 0.3) is 6.08 Å². The van der Waals surface area contributed by atoms with Crippen molar-refractivity contribution in [3.63, 3.8) is 0 Å². The van der Waals surface area contributed by atoms with Gasteiger partial charge in [0.15, 0.2) is 0 Å². The molecule has 0 spiro atoms. The summed E-state index contributed by atoms with van der Waals surface area (Å²) in [5, 5.41) is 0. The predicted molar refractivity (Wildman–Crippen MR) is 58.9 cm³/mol. The zero-order valence-corrected chi connectivity index (χ0v) is 9.38. The largest absolute Gasteiger partial charge is 0.491 e. The van der Waals surface area contributed by atoms with E-state index in [9.17, 15) is 13.2 Å². The SMILES string of the molecule is C=Cc1ccc(C(F)(F)F)cc1OCCOC. The van der Waals surface area contributed by atoms with Crippen LogP contribution in [-0.4, -0.2) is 20.3 Å². The number of methoxy groups -OCH3 is 1. The summed E-state index contributed by atoms with van der Waals surface area (Å²) in [5.41, 5.74) is -0.218. The molecular formula is C12H13F3O2. The molecule has 0 bridgehead atoms. The summed E-state index contributed by atoms with van der Waals surface area (Å²) in [6.07, 6.45) is -2.93. The quantitative estimate of drug-likeness (QED) is 0.741. The van der Waals surface area contributed by atoms with Crippen molar-refractivity contribution in [1.82, 2.24) is 0 Å². The Hall–Kier alpha value is -1.49. The predicted octanol–water partition coefficient (Wildman–Crippen LogP) is 3.37. The fourth-order valence-corrected chi connectivity index (χ4v) is 1.24. The van der Waals surface area contributed by atoms with Gasteiger partial charge in [-0.25, -0.2) is 0 Å². The zero-order chi connectivity index (χ0) is 12.9. The lowest BCUT2D eigenvalue weighted by atomic mass is 10.1. The summed E-state index contributed by atoms with van der Waals surface area (Å²) < 4.78 is 47.4. The molecule has 1 aromatic carbocycles. The fourth-order valence-electron chi connectivity index (χ4n) is 1.24. The van der Waals surface area contributed by atoms with Crippen molar-refractivity contribution in [1.29, 1.82) is 0 Å². The van der Waals surface area contributed by atoms with E-state index in [-0.39, 0.29) is 12.4 Å². The van der Waals surface area contributed by atoms with Crippen LogP contribution < -0.4 is 4.74 Å². The van der Waals surface area contributed by atoms with E-state index in [1.165, 1.54) is 19.3 Å². The van der Waals surface area contributed by atoms with Gasteiger partial charge in [-0.3, -0.25) is 0 Å². The van der Waals surface area contributed by atoms with Crippen molar-refractivity contribution < 1.29 is 22.6 Å². The molecule has 0 heterocycles. The first-order valence-corrected chi connectivity index (χ1v) is 4.94. The molecule has 0 N–H and O–H groups in total. The highest BCUT2D eigenvalue weighted by Crippen LogP contribution is 2.33. The third-order valence-electron chi connectivity index (χ3n) is 2.11. The highest BCUT2D eigenvalue weighted by Gasteiger charge is 2.31. The fraction of sp³-hybridized carbons (Fsp3) is 0.333. The molecule has 2 nitrogen and oxygen atoms in total. The second-order valence-corrected chi connectivity index (χ2v) is 3.30. The van der Waals surface area contributed by atoms with E-state index in [4.69, 9.17) is 9.47 Å². The molecule has 0 unspecified atom stereocenters. The first-order chi connectivity index (χ1) is 7.99. The first-order valence-electron chi connectivity index (χ1n) is 4.94. The van der Waals surface area contributed by atoms with Gasteiger partial charge in [0.2, 0.25) is 0 Å². The Balaban J connectivity index is 2.94. The average molecular weight is 246 g/mol. The van der Waals surface area contributed by atoms with Crippen molar-refractivity contribution >= 4 is 6.08 Å². The molecule has 0 radical (unpaired) electrons. The van der Waals surface area contributed by atoms with E-state index >= 15 is 0 Å². The molecule has 0 aliphatic rings. The van der Waals surface area contributed by atoms with Crippen molar-refractivity contribution in [2.24, 2.45) is 0 Å². The van der Waals surface area contributed by atoms with Crippen molar-refractivity contribution in [3.05, 3.63) is 35.9 Å². The monoisotopic (exact) mass is 246 g/mol. The van der Waals surface area contributed by atoms with E-state index in [1.54, 1.807) is 0 Å². The maximum atomic E-state index is 12.5. The van der Waals surface area contributed by atoms with Crippen LogP contribution in [-0.2, 0) is 10.9 Å².